The van der Waals surface area contributed by atoms with Crippen molar-refractivity contribution in [1.82, 2.24) is 10.3 Å². The number of carbonyl (C=O) groups is 1. The molecule has 1 aromatic heterocycles. The molecule has 0 aliphatic heterocycles. The predicted molar refractivity (Wildman–Crippen MR) is 103 cm³/mol. The third-order valence-corrected chi connectivity index (χ3v) is 4.15. The van der Waals surface area contributed by atoms with Gasteiger partial charge in [-0.15, -0.1) is 0 Å². The van der Waals surface area contributed by atoms with Crippen molar-refractivity contribution < 1.29 is 14.3 Å². The molecule has 0 saturated heterocycles. The summed E-state index contributed by atoms with van der Waals surface area (Å²) < 4.78 is 10.5. The Morgan fingerprint density at radius 2 is 1.92 bits per heavy atom. The van der Waals surface area contributed by atoms with Crippen LogP contribution in [-0.4, -0.2) is 38.7 Å². The highest BCUT2D eigenvalue weighted by atomic mass is 16.5. The molecule has 0 fully saturated rings. The van der Waals surface area contributed by atoms with Crippen molar-refractivity contribution in [3.8, 4) is 11.5 Å². The second-order valence-electron chi connectivity index (χ2n) is 6.05. The molecule has 6 nitrogen and oxygen atoms in total. The molecule has 1 aromatic carbocycles. The molecule has 1 amide bonds. The number of unbranched alkanes of at least 4 members (excludes halogenated alkanes) is 1. The van der Waals surface area contributed by atoms with E-state index in [1.54, 1.807) is 26.5 Å². The van der Waals surface area contributed by atoms with Crippen molar-refractivity contribution in [2.45, 2.75) is 26.3 Å². The second kappa shape index (κ2) is 9.65. The van der Waals surface area contributed by atoms with Crippen molar-refractivity contribution in [3.63, 3.8) is 0 Å². The van der Waals surface area contributed by atoms with Crippen LogP contribution in [0.15, 0.2) is 36.5 Å². The zero-order valence-electron chi connectivity index (χ0n) is 15.9. The van der Waals surface area contributed by atoms with Gasteiger partial charge in [0, 0.05) is 26.3 Å². The van der Waals surface area contributed by atoms with Crippen molar-refractivity contribution in [1.29, 1.82) is 0 Å². The van der Waals surface area contributed by atoms with E-state index in [1.165, 1.54) is 0 Å². The number of aromatic nitrogens is 1. The summed E-state index contributed by atoms with van der Waals surface area (Å²) >= 11 is 0. The lowest BCUT2D eigenvalue weighted by Crippen LogP contribution is -2.24. The molecule has 140 valence electrons. The van der Waals surface area contributed by atoms with Crippen LogP contribution in [0.1, 0.15) is 35.7 Å². The number of methoxy groups -OCH3 is 2. The number of pyridine rings is 1. The first-order valence-corrected chi connectivity index (χ1v) is 8.75. The number of benzene rings is 1. The Balaban J connectivity index is 1.95. The number of ether oxygens (including phenoxy) is 2. The average Bonchev–Trinajstić information content (AvgIpc) is 2.69. The molecule has 0 aliphatic carbocycles. The third-order valence-electron chi connectivity index (χ3n) is 4.15. The Kier molecular flexibility index (Phi) is 7.26. The zero-order valence-corrected chi connectivity index (χ0v) is 15.9. The lowest BCUT2D eigenvalue weighted by molar-refractivity contribution is 0.0950. The van der Waals surface area contributed by atoms with Crippen LogP contribution in [0.2, 0.25) is 0 Å². The number of hydrogen-bond donors (Lipinski definition) is 1. The molecule has 1 heterocycles. The number of anilines is 1. The van der Waals surface area contributed by atoms with Gasteiger partial charge in [-0.2, -0.15) is 0 Å². The highest BCUT2D eigenvalue weighted by molar-refractivity contribution is 5.94. The fourth-order valence-corrected chi connectivity index (χ4v) is 2.53. The molecule has 0 atom stereocenters. The number of nitrogens with zero attached hydrogens (tertiary/aromatic N) is 2. The topological polar surface area (TPSA) is 63.7 Å². The molecule has 0 spiro atoms. The van der Waals surface area contributed by atoms with E-state index in [1.807, 2.05) is 31.3 Å². The average molecular weight is 357 g/mol. The van der Waals surface area contributed by atoms with Gasteiger partial charge in [-0.1, -0.05) is 19.4 Å². The standard InChI is InChI=1S/C20H27N3O3/c1-5-6-11-23(2)19-10-8-16(14-21-19)20(24)22-13-15-7-9-17(25-3)18(12-15)26-4/h7-10,12,14H,5-6,11,13H2,1-4H3,(H,22,24). The van der Waals surface area contributed by atoms with E-state index in [0.717, 1.165) is 30.8 Å². The predicted octanol–water partition coefficient (Wildman–Crippen LogP) is 3.27. The minimum Gasteiger partial charge on any atom is -0.493 e. The smallest absolute Gasteiger partial charge is 0.253 e. The molecule has 2 aromatic rings. The maximum Gasteiger partial charge on any atom is 0.253 e. The Hall–Kier alpha value is -2.76. The number of hydrogen-bond acceptors (Lipinski definition) is 5. The normalized spacial score (nSPS) is 10.3. The molecule has 0 radical (unpaired) electrons. The third kappa shape index (κ3) is 5.12. The summed E-state index contributed by atoms with van der Waals surface area (Å²) in [4.78, 5) is 18.8. The van der Waals surface area contributed by atoms with Crippen LogP contribution in [0, 0.1) is 0 Å². The van der Waals surface area contributed by atoms with Gasteiger partial charge in [0.1, 0.15) is 5.82 Å². The quantitative estimate of drug-likeness (QED) is 0.746. The van der Waals surface area contributed by atoms with Gasteiger partial charge in [-0.05, 0) is 36.2 Å². The van der Waals surface area contributed by atoms with E-state index in [0.29, 0.717) is 23.6 Å². The highest BCUT2D eigenvalue weighted by Crippen LogP contribution is 2.27. The van der Waals surface area contributed by atoms with Crippen LogP contribution < -0.4 is 19.7 Å². The fraction of sp³-hybridized carbons (Fsp3) is 0.400. The molecular formula is C20H27N3O3. The van der Waals surface area contributed by atoms with E-state index in [2.05, 4.69) is 22.1 Å². The minimum absolute atomic E-state index is 0.157. The van der Waals surface area contributed by atoms with Gasteiger partial charge in [0.25, 0.3) is 5.91 Å². The second-order valence-corrected chi connectivity index (χ2v) is 6.05. The molecule has 1 N–H and O–H groups in total. The zero-order chi connectivity index (χ0) is 18.9. The van der Waals surface area contributed by atoms with Crippen LogP contribution in [-0.2, 0) is 6.54 Å². The number of nitrogens with one attached hydrogen (secondary N) is 1. The Labute approximate surface area is 155 Å². The molecule has 0 saturated carbocycles. The van der Waals surface area contributed by atoms with Crippen molar-refractivity contribution in [3.05, 3.63) is 47.7 Å². The molecule has 26 heavy (non-hydrogen) atoms. The Bertz CT molecular complexity index is 717. The van der Waals surface area contributed by atoms with E-state index in [-0.39, 0.29) is 5.91 Å². The number of rotatable bonds is 9. The van der Waals surface area contributed by atoms with Gasteiger partial charge in [0.2, 0.25) is 0 Å². The first-order valence-electron chi connectivity index (χ1n) is 8.75. The van der Waals surface area contributed by atoms with Crippen molar-refractivity contribution in [2.75, 3.05) is 32.7 Å². The van der Waals surface area contributed by atoms with Crippen LogP contribution in [0.3, 0.4) is 0 Å². The van der Waals surface area contributed by atoms with Gasteiger partial charge in [-0.3, -0.25) is 4.79 Å². The van der Waals surface area contributed by atoms with Crippen LogP contribution in [0.25, 0.3) is 0 Å². The minimum atomic E-state index is -0.157. The van der Waals surface area contributed by atoms with Gasteiger partial charge < -0.3 is 19.7 Å². The van der Waals surface area contributed by atoms with E-state index in [4.69, 9.17) is 9.47 Å². The monoisotopic (exact) mass is 357 g/mol. The maximum atomic E-state index is 12.3. The largest absolute Gasteiger partial charge is 0.493 e. The van der Waals surface area contributed by atoms with Crippen LogP contribution in [0.4, 0.5) is 5.82 Å². The van der Waals surface area contributed by atoms with Gasteiger partial charge >= 0.3 is 0 Å². The number of carbonyl (C=O) groups excluding carboxylic acids is 1. The van der Waals surface area contributed by atoms with Crippen LogP contribution in [0.5, 0.6) is 11.5 Å². The van der Waals surface area contributed by atoms with Gasteiger partial charge in [0.05, 0.1) is 19.8 Å². The molecule has 2 rings (SSSR count). The molecule has 6 heteroatoms. The maximum absolute atomic E-state index is 12.3. The first kappa shape index (κ1) is 19.6. The molecule has 0 bridgehead atoms. The lowest BCUT2D eigenvalue weighted by Gasteiger charge is -2.17. The highest BCUT2D eigenvalue weighted by Gasteiger charge is 2.09. The summed E-state index contributed by atoms with van der Waals surface area (Å²) in [6, 6.07) is 9.24. The molecular weight excluding hydrogens is 330 g/mol. The summed E-state index contributed by atoms with van der Waals surface area (Å²) in [7, 11) is 5.19. The van der Waals surface area contributed by atoms with Gasteiger partial charge in [0.15, 0.2) is 11.5 Å². The number of amides is 1. The lowest BCUT2D eigenvalue weighted by atomic mass is 10.2. The van der Waals surface area contributed by atoms with E-state index < -0.39 is 0 Å². The fourth-order valence-electron chi connectivity index (χ4n) is 2.53. The summed E-state index contributed by atoms with van der Waals surface area (Å²) in [6.07, 6.45) is 3.87. The van der Waals surface area contributed by atoms with E-state index >= 15 is 0 Å². The SMILES string of the molecule is CCCCN(C)c1ccc(C(=O)NCc2ccc(OC)c(OC)c2)cn1. The summed E-state index contributed by atoms with van der Waals surface area (Å²) in [5.41, 5.74) is 1.47. The van der Waals surface area contributed by atoms with Crippen LogP contribution >= 0.6 is 0 Å². The molecule has 0 unspecified atom stereocenters. The van der Waals surface area contributed by atoms with Crippen molar-refractivity contribution >= 4 is 11.7 Å². The Morgan fingerprint density at radius 3 is 2.54 bits per heavy atom. The first-order chi connectivity index (χ1) is 12.6. The molecule has 0 aliphatic rings. The van der Waals surface area contributed by atoms with Crippen molar-refractivity contribution in [2.24, 2.45) is 0 Å². The summed E-state index contributed by atoms with van der Waals surface area (Å²) in [6.45, 7) is 3.51. The Morgan fingerprint density at radius 1 is 1.15 bits per heavy atom. The van der Waals surface area contributed by atoms with E-state index in [9.17, 15) is 4.79 Å². The summed E-state index contributed by atoms with van der Waals surface area (Å²) in [5, 5.41) is 2.90. The summed E-state index contributed by atoms with van der Waals surface area (Å²) in [5.74, 6) is 2.01. The van der Waals surface area contributed by atoms with Gasteiger partial charge in [-0.25, -0.2) is 4.98 Å².